The van der Waals surface area contributed by atoms with Gasteiger partial charge < -0.3 is 14.5 Å². The molecule has 3 heterocycles. The van der Waals surface area contributed by atoms with Crippen LogP contribution in [-0.4, -0.2) is 64.9 Å². The number of carbonyl (C=O) groups excluding carboxylic acids is 2. The molecule has 1 aliphatic carbocycles. The van der Waals surface area contributed by atoms with E-state index in [-0.39, 0.29) is 44.2 Å². The summed E-state index contributed by atoms with van der Waals surface area (Å²) in [7, 11) is 0. The lowest BCUT2D eigenvalue weighted by Crippen LogP contribution is -2.61. The van der Waals surface area contributed by atoms with Crippen molar-refractivity contribution in [3.8, 4) is 0 Å². The number of alkyl halides is 1. The van der Waals surface area contributed by atoms with Crippen molar-refractivity contribution in [2.24, 2.45) is 0 Å². The van der Waals surface area contributed by atoms with Gasteiger partial charge in [0.2, 0.25) is 11.7 Å². The molecule has 0 bridgehead atoms. The highest BCUT2D eigenvalue weighted by Crippen LogP contribution is 2.45. The van der Waals surface area contributed by atoms with Crippen LogP contribution in [0.5, 0.6) is 0 Å². The third-order valence-corrected chi connectivity index (χ3v) is 7.03. The Bertz CT molecular complexity index is 884. The van der Waals surface area contributed by atoms with Crippen LogP contribution in [0.2, 0.25) is 0 Å². The maximum absolute atomic E-state index is 15.8. The lowest BCUT2D eigenvalue weighted by Gasteiger charge is -2.48. The van der Waals surface area contributed by atoms with E-state index in [0.29, 0.717) is 19.7 Å². The highest BCUT2D eigenvalue weighted by atomic mass is 19.1. The molecule has 5 rings (SSSR count). The quantitative estimate of drug-likeness (QED) is 0.639. The molecule has 1 spiro atoms. The minimum Gasteiger partial charge on any atom is -0.344 e. The fraction of sp³-hybridized carbons (Fsp3) is 0.652. The molecule has 1 saturated carbocycles. The average molecular weight is 432 g/mol. The predicted octanol–water partition coefficient (Wildman–Crippen LogP) is 2.69. The molecule has 4 aliphatic rings. The summed E-state index contributed by atoms with van der Waals surface area (Å²) < 4.78 is 21.7. The summed E-state index contributed by atoms with van der Waals surface area (Å²) >= 11 is 0. The zero-order valence-electron chi connectivity index (χ0n) is 18.1. The third-order valence-electron chi connectivity index (χ3n) is 7.03. The first-order valence-corrected chi connectivity index (χ1v) is 11.1. The van der Waals surface area contributed by atoms with Gasteiger partial charge in [-0.2, -0.15) is 0 Å². The van der Waals surface area contributed by atoms with Crippen molar-refractivity contribution in [3.05, 3.63) is 35.4 Å². The molecule has 1 unspecified atom stereocenters. The largest absolute Gasteiger partial charge is 0.344 e. The molecule has 3 aliphatic heterocycles. The second-order valence-corrected chi connectivity index (χ2v) is 9.83. The standard InChI is InChI=1S/C23H29FN2O5/c1-21(2)15-29-23(31-30-21)10-8-22(24,9-11-23)20(28)25-13-18-17-6-4-3-5-16(17)7-12-26(18)19(27)14-25/h3-6,18H,7-15H2,1-2H3. The highest BCUT2D eigenvalue weighted by Gasteiger charge is 2.54. The van der Waals surface area contributed by atoms with Crippen molar-refractivity contribution in [2.75, 3.05) is 26.2 Å². The topological polar surface area (TPSA) is 68.3 Å². The van der Waals surface area contributed by atoms with Gasteiger partial charge in [0.15, 0.2) is 5.67 Å². The Balaban J connectivity index is 1.29. The van der Waals surface area contributed by atoms with E-state index in [1.807, 2.05) is 36.9 Å². The minimum atomic E-state index is -2.03. The van der Waals surface area contributed by atoms with E-state index in [4.69, 9.17) is 14.5 Å². The number of rotatable bonds is 1. The molecule has 168 valence electrons. The number of amides is 2. The molecule has 2 saturated heterocycles. The van der Waals surface area contributed by atoms with Crippen molar-refractivity contribution in [2.45, 2.75) is 69.1 Å². The van der Waals surface area contributed by atoms with Crippen LogP contribution in [0, 0.1) is 0 Å². The fourth-order valence-electron chi connectivity index (χ4n) is 5.12. The van der Waals surface area contributed by atoms with Crippen LogP contribution in [0.1, 0.15) is 56.7 Å². The molecule has 1 aromatic carbocycles. The number of halogens is 1. The average Bonchev–Trinajstić information content (AvgIpc) is 2.77. The van der Waals surface area contributed by atoms with Gasteiger partial charge in [-0.1, -0.05) is 24.3 Å². The van der Waals surface area contributed by atoms with E-state index >= 15 is 4.39 Å². The van der Waals surface area contributed by atoms with E-state index in [2.05, 4.69) is 6.07 Å². The molecule has 8 heteroatoms. The fourth-order valence-corrected chi connectivity index (χ4v) is 5.12. The van der Waals surface area contributed by atoms with Gasteiger partial charge in [-0.15, -0.1) is 0 Å². The molecule has 31 heavy (non-hydrogen) atoms. The molecule has 3 fully saturated rings. The van der Waals surface area contributed by atoms with E-state index in [9.17, 15) is 9.59 Å². The van der Waals surface area contributed by atoms with Crippen LogP contribution in [-0.2, 0) is 30.5 Å². The van der Waals surface area contributed by atoms with Crippen LogP contribution in [0.3, 0.4) is 0 Å². The first-order valence-electron chi connectivity index (χ1n) is 11.1. The number of ether oxygens (including phenoxy) is 1. The van der Waals surface area contributed by atoms with Gasteiger partial charge in [0.05, 0.1) is 19.2 Å². The van der Waals surface area contributed by atoms with Crippen molar-refractivity contribution in [3.63, 3.8) is 0 Å². The third kappa shape index (κ3) is 3.64. The molecular formula is C23H29FN2O5. The van der Waals surface area contributed by atoms with E-state index in [0.717, 1.165) is 12.0 Å². The summed E-state index contributed by atoms with van der Waals surface area (Å²) in [5.41, 5.74) is -0.336. The van der Waals surface area contributed by atoms with Gasteiger partial charge in [0.25, 0.3) is 5.91 Å². The highest BCUT2D eigenvalue weighted by molar-refractivity contribution is 5.91. The second kappa shape index (κ2) is 7.25. The second-order valence-electron chi connectivity index (χ2n) is 9.83. The molecule has 2 amide bonds. The first-order chi connectivity index (χ1) is 14.7. The van der Waals surface area contributed by atoms with E-state index in [1.165, 1.54) is 10.5 Å². The Morgan fingerprint density at radius 2 is 1.87 bits per heavy atom. The monoisotopic (exact) mass is 432 g/mol. The van der Waals surface area contributed by atoms with Gasteiger partial charge >= 0.3 is 0 Å². The summed E-state index contributed by atoms with van der Waals surface area (Å²) in [6.07, 6.45) is 1.22. The number of carbonyl (C=O) groups is 2. The number of nitrogens with zero attached hydrogens (tertiary/aromatic N) is 2. The number of hydrogen-bond acceptors (Lipinski definition) is 5. The van der Waals surface area contributed by atoms with Crippen LogP contribution < -0.4 is 0 Å². The molecule has 0 N–H and O–H groups in total. The number of hydrogen-bond donors (Lipinski definition) is 0. The van der Waals surface area contributed by atoms with E-state index in [1.54, 1.807) is 0 Å². The normalized spacial score (nSPS) is 34.9. The van der Waals surface area contributed by atoms with Gasteiger partial charge in [0, 0.05) is 25.9 Å². The molecule has 1 atom stereocenters. The molecule has 0 radical (unpaired) electrons. The van der Waals surface area contributed by atoms with Crippen molar-refractivity contribution in [1.29, 1.82) is 0 Å². The summed E-state index contributed by atoms with van der Waals surface area (Å²) in [4.78, 5) is 40.2. The van der Waals surface area contributed by atoms with Crippen LogP contribution >= 0.6 is 0 Å². The maximum Gasteiger partial charge on any atom is 0.260 e. The van der Waals surface area contributed by atoms with Crippen molar-refractivity contribution in [1.82, 2.24) is 9.80 Å². The first kappa shape index (κ1) is 20.8. The number of benzene rings is 1. The van der Waals surface area contributed by atoms with E-state index < -0.39 is 23.0 Å². The molecule has 7 nitrogen and oxygen atoms in total. The maximum atomic E-state index is 15.8. The Morgan fingerprint density at radius 1 is 1.13 bits per heavy atom. The van der Waals surface area contributed by atoms with Gasteiger partial charge in [-0.25, -0.2) is 14.2 Å². The smallest absolute Gasteiger partial charge is 0.260 e. The van der Waals surface area contributed by atoms with Gasteiger partial charge in [-0.3, -0.25) is 9.59 Å². The molecule has 1 aromatic rings. The Morgan fingerprint density at radius 3 is 2.58 bits per heavy atom. The SMILES string of the molecule is CC1(C)COC2(CCC(F)(C(=O)N3CC(=O)N4CCc5ccccc5C4C3)CC2)OO1. The lowest BCUT2D eigenvalue weighted by molar-refractivity contribution is -0.512. The Hall–Kier alpha value is -2.03. The van der Waals surface area contributed by atoms with Crippen molar-refractivity contribution < 1.29 is 28.5 Å². The Kier molecular flexibility index (Phi) is 4.88. The zero-order valence-corrected chi connectivity index (χ0v) is 18.1. The van der Waals surface area contributed by atoms with Crippen LogP contribution in [0.15, 0.2) is 24.3 Å². The summed E-state index contributed by atoms with van der Waals surface area (Å²) in [5, 5.41) is 0. The molecule has 0 aromatic heterocycles. The van der Waals surface area contributed by atoms with Gasteiger partial charge in [0.1, 0.15) is 5.60 Å². The summed E-state index contributed by atoms with van der Waals surface area (Å²) in [6.45, 7) is 4.94. The predicted molar refractivity (Wildman–Crippen MR) is 108 cm³/mol. The van der Waals surface area contributed by atoms with Crippen LogP contribution in [0.25, 0.3) is 0 Å². The minimum absolute atomic E-state index is 0.0225. The van der Waals surface area contributed by atoms with Crippen molar-refractivity contribution >= 4 is 11.8 Å². The number of fused-ring (bicyclic) bond motifs is 3. The summed E-state index contributed by atoms with van der Waals surface area (Å²) in [5.74, 6) is -1.72. The zero-order chi connectivity index (χ0) is 21.9. The van der Waals surface area contributed by atoms with Gasteiger partial charge in [-0.05, 0) is 44.2 Å². The Labute approximate surface area is 181 Å². The van der Waals surface area contributed by atoms with Crippen LogP contribution in [0.4, 0.5) is 4.39 Å². The summed E-state index contributed by atoms with van der Waals surface area (Å²) in [6, 6.07) is 7.77. The molecular weight excluding hydrogens is 403 g/mol. The lowest BCUT2D eigenvalue weighted by atomic mass is 9.81. The number of piperazine rings is 1.